The van der Waals surface area contributed by atoms with Crippen molar-refractivity contribution in [3.63, 3.8) is 0 Å². The first kappa shape index (κ1) is 15.2. The zero-order valence-electron chi connectivity index (χ0n) is 12.4. The molecule has 0 aliphatic rings. The maximum atomic E-state index is 11.5. The maximum Gasteiger partial charge on any atom is 0.259 e. The molecule has 0 spiro atoms. The van der Waals surface area contributed by atoms with Crippen LogP contribution >= 0.6 is 0 Å². The zero-order valence-corrected chi connectivity index (χ0v) is 13.2. The largest absolute Gasteiger partial charge is 0.481 e. The van der Waals surface area contributed by atoms with Crippen molar-refractivity contribution in [2.24, 2.45) is 0 Å². The predicted molar refractivity (Wildman–Crippen MR) is 82.6 cm³/mol. The first-order valence-electron chi connectivity index (χ1n) is 6.62. The summed E-state index contributed by atoms with van der Waals surface area (Å²) >= 11 is 0. The molecule has 23 heavy (non-hydrogen) atoms. The van der Waals surface area contributed by atoms with E-state index in [-0.39, 0.29) is 4.90 Å². The van der Waals surface area contributed by atoms with E-state index in [9.17, 15) is 8.42 Å². The Morgan fingerprint density at radius 3 is 2.30 bits per heavy atom. The minimum absolute atomic E-state index is 0.240. The lowest BCUT2D eigenvalue weighted by Crippen LogP contribution is -1.96. The summed E-state index contributed by atoms with van der Waals surface area (Å²) in [5, 5.41) is 3.90. The second kappa shape index (κ2) is 5.81. The summed E-state index contributed by atoms with van der Waals surface area (Å²) < 4.78 is 33.1. The number of ether oxygens (including phenoxy) is 1. The summed E-state index contributed by atoms with van der Waals surface area (Å²) in [7, 11) is -1.70. The number of aromatic nitrogens is 3. The van der Waals surface area contributed by atoms with Gasteiger partial charge in [-0.05, 0) is 30.3 Å². The molecule has 2 aromatic heterocycles. The number of pyridine rings is 1. The number of hydrogen-bond acceptors (Lipinski definition) is 7. The summed E-state index contributed by atoms with van der Waals surface area (Å²) in [6.45, 7) is 0. The lowest BCUT2D eigenvalue weighted by Gasteiger charge is -1.99. The van der Waals surface area contributed by atoms with Gasteiger partial charge in [0.1, 0.15) is 0 Å². The lowest BCUT2D eigenvalue weighted by molar-refractivity contribution is 0.397. The SMILES string of the molecule is COc1ccc(-c2nc(-c3ccc(S(C)(=O)=O)cc3)no2)cn1. The average Bonchev–Trinajstić information content (AvgIpc) is 3.04. The number of sulfone groups is 1. The summed E-state index contributed by atoms with van der Waals surface area (Å²) in [6, 6.07) is 9.75. The van der Waals surface area contributed by atoms with Crippen molar-refractivity contribution < 1.29 is 17.7 Å². The quantitative estimate of drug-likeness (QED) is 0.723. The molecule has 0 unspecified atom stereocenters. The van der Waals surface area contributed by atoms with E-state index in [4.69, 9.17) is 9.26 Å². The third-order valence-electron chi connectivity index (χ3n) is 3.16. The van der Waals surface area contributed by atoms with Gasteiger partial charge in [-0.15, -0.1) is 0 Å². The second-order valence-electron chi connectivity index (χ2n) is 4.81. The number of hydrogen-bond donors (Lipinski definition) is 0. The highest BCUT2D eigenvalue weighted by Gasteiger charge is 2.12. The van der Waals surface area contributed by atoms with Crippen LogP contribution in [0.15, 0.2) is 52.0 Å². The summed E-state index contributed by atoms with van der Waals surface area (Å²) in [6.07, 6.45) is 2.73. The number of methoxy groups -OCH3 is 1. The third kappa shape index (κ3) is 3.21. The predicted octanol–water partition coefficient (Wildman–Crippen LogP) is 2.21. The average molecular weight is 331 g/mol. The Kier molecular flexibility index (Phi) is 3.83. The first-order chi connectivity index (χ1) is 11.0. The molecular weight excluding hydrogens is 318 g/mol. The monoisotopic (exact) mass is 331 g/mol. The zero-order chi connectivity index (χ0) is 16.4. The van der Waals surface area contributed by atoms with Gasteiger partial charge in [-0.2, -0.15) is 4.98 Å². The van der Waals surface area contributed by atoms with Gasteiger partial charge in [-0.25, -0.2) is 13.4 Å². The van der Waals surface area contributed by atoms with Gasteiger partial charge >= 0.3 is 0 Å². The summed E-state index contributed by atoms with van der Waals surface area (Å²) in [5.41, 5.74) is 1.33. The molecule has 0 atom stereocenters. The number of rotatable bonds is 4. The van der Waals surface area contributed by atoms with E-state index >= 15 is 0 Å². The molecule has 3 aromatic rings. The van der Waals surface area contributed by atoms with Crippen LogP contribution in [0.4, 0.5) is 0 Å². The Labute approximate surface area is 132 Å². The molecule has 0 amide bonds. The smallest absolute Gasteiger partial charge is 0.259 e. The van der Waals surface area contributed by atoms with Crippen LogP contribution in [0.25, 0.3) is 22.8 Å². The van der Waals surface area contributed by atoms with E-state index in [2.05, 4.69) is 15.1 Å². The minimum Gasteiger partial charge on any atom is -0.481 e. The van der Waals surface area contributed by atoms with E-state index in [0.29, 0.717) is 28.7 Å². The van der Waals surface area contributed by atoms with Gasteiger partial charge < -0.3 is 9.26 Å². The van der Waals surface area contributed by atoms with Gasteiger partial charge in [0.15, 0.2) is 9.84 Å². The van der Waals surface area contributed by atoms with Gasteiger partial charge in [-0.1, -0.05) is 5.16 Å². The van der Waals surface area contributed by atoms with Crippen molar-refractivity contribution in [3.8, 4) is 28.7 Å². The van der Waals surface area contributed by atoms with Crippen molar-refractivity contribution in [1.29, 1.82) is 0 Å². The van der Waals surface area contributed by atoms with Crippen molar-refractivity contribution >= 4 is 9.84 Å². The molecule has 0 aliphatic carbocycles. The van der Waals surface area contributed by atoms with E-state index < -0.39 is 9.84 Å². The fraction of sp³-hybridized carbons (Fsp3) is 0.133. The van der Waals surface area contributed by atoms with Crippen LogP contribution in [0.5, 0.6) is 5.88 Å². The van der Waals surface area contributed by atoms with Gasteiger partial charge in [0.25, 0.3) is 5.89 Å². The molecule has 2 heterocycles. The standard InChI is InChI=1S/C15H13N3O4S/c1-21-13-8-5-11(9-16-13)15-17-14(18-22-15)10-3-6-12(7-4-10)23(2,19)20/h3-9H,1-2H3. The summed E-state index contributed by atoms with van der Waals surface area (Å²) in [4.78, 5) is 8.61. The van der Waals surface area contributed by atoms with Crippen molar-refractivity contribution in [1.82, 2.24) is 15.1 Å². The summed E-state index contributed by atoms with van der Waals surface area (Å²) in [5.74, 6) is 1.18. The highest BCUT2D eigenvalue weighted by molar-refractivity contribution is 7.90. The molecule has 0 N–H and O–H groups in total. The fourth-order valence-electron chi connectivity index (χ4n) is 1.94. The molecule has 0 saturated carbocycles. The Morgan fingerprint density at radius 2 is 1.74 bits per heavy atom. The molecule has 0 bridgehead atoms. The lowest BCUT2D eigenvalue weighted by atomic mass is 10.2. The van der Waals surface area contributed by atoms with Crippen LogP contribution < -0.4 is 4.74 Å². The van der Waals surface area contributed by atoms with Crippen LogP contribution in [0.1, 0.15) is 0 Å². The topological polar surface area (TPSA) is 95.2 Å². The van der Waals surface area contributed by atoms with E-state index in [0.717, 1.165) is 6.26 Å². The minimum atomic E-state index is -3.23. The van der Waals surface area contributed by atoms with Crippen LogP contribution in [0.2, 0.25) is 0 Å². The highest BCUT2D eigenvalue weighted by Crippen LogP contribution is 2.23. The Balaban J connectivity index is 1.89. The second-order valence-corrected chi connectivity index (χ2v) is 6.82. The van der Waals surface area contributed by atoms with Gasteiger partial charge in [0.05, 0.1) is 17.6 Å². The van der Waals surface area contributed by atoms with Crippen LogP contribution in [-0.2, 0) is 9.84 Å². The Bertz CT molecular complexity index is 916. The first-order valence-corrected chi connectivity index (χ1v) is 8.51. The van der Waals surface area contributed by atoms with Crippen LogP contribution in [-0.4, -0.2) is 36.9 Å². The van der Waals surface area contributed by atoms with Gasteiger partial charge in [0, 0.05) is 24.1 Å². The molecule has 3 rings (SSSR count). The van der Waals surface area contributed by atoms with Crippen molar-refractivity contribution in [3.05, 3.63) is 42.6 Å². The molecule has 0 saturated heterocycles. The molecule has 8 heteroatoms. The Morgan fingerprint density at radius 1 is 1.04 bits per heavy atom. The third-order valence-corrected chi connectivity index (χ3v) is 4.29. The molecule has 118 valence electrons. The molecule has 1 aromatic carbocycles. The van der Waals surface area contributed by atoms with Gasteiger partial charge in [0.2, 0.25) is 11.7 Å². The molecule has 0 radical (unpaired) electrons. The Hall–Kier alpha value is -2.74. The molecule has 0 aliphatic heterocycles. The van der Waals surface area contributed by atoms with Crippen molar-refractivity contribution in [2.45, 2.75) is 4.90 Å². The van der Waals surface area contributed by atoms with E-state index in [1.54, 1.807) is 30.5 Å². The normalized spacial score (nSPS) is 11.4. The van der Waals surface area contributed by atoms with E-state index in [1.807, 2.05) is 0 Å². The van der Waals surface area contributed by atoms with Crippen molar-refractivity contribution in [2.75, 3.05) is 13.4 Å². The maximum absolute atomic E-state index is 11.5. The highest BCUT2D eigenvalue weighted by atomic mass is 32.2. The van der Waals surface area contributed by atoms with E-state index in [1.165, 1.54) is 19.2 Å². The molecule has 7 nitrogen and oxygen atoms in total. The molecule has 0 fully saturated rings. The molecular formula is C15H13N3O4S. The number of benzene rings is 1. The number of nitrogens with zero attached hydrogens (tertiary/aromatic N) is 3. The van der Waals surface area contributed by atoms with Gasteiger partial charge in [-0.3, -0.25) is 0 Å². The van der Waals surface area contributed by atoms with Crippen LogP contribution in [0.3, 0.4) is 0 Å². The fourth-order valence-corrected chi connectivity index (χ4v) is 2.57. The van der Waals surface area contributed by atoms with Crippen LogP contribution in [0, 0.1) is 0 Å².